The minimum atomic E-state index is -3.45. The number of carboxylic acid groups (broad SMARTS) is 1. The van der Waals surface area contributed by atoms with E-state index in [0.29, 0.717) is 45.9 Å². The molecule has 12 nitrogen and oxygen atoms in total. The van der Waals surface area contributed by atoms with Crippen molar-refractivity contribution in [1.29, 1.82) is 0 Å². The predicted molar refractivity (Wildman–Crippen MR) is 179 cm³/mol. The van der Waals surface area contributed by atoms with E-state index in [4.69, 9.17) is 27.7 Å². The van der Waals surface area contributed by atoms with Crippen molar-refractivity contribution in [3.63, 3.8) is 0 Å². The first kappa shape index (κ1) is 34.2. The number of hydrogen-bond donors (Lipinski definition) is 1. The van der Waals surface area contributed by atoms with Crippen LogP contribution in [0, 0.1) is 6.92 Å². The Kier molecular flexibility index (Phi) is 11.1. The third kappa shape index (κ3) is 8.40. The van der Waals surface area contributed by atoms with E-state index >= 15 is 0 Å². The minimum Gasteiger partial charge on any atom is -0.493 e. The smallest absolute Gasteiger partial charge is 0.354 e. The van der Waals surface area contributed by atoms with Crippen LogP contribution >= 0.6 is 7.60 Å². The third-order valence-corrected chi connectivity index (χ3v) is 8.75. The lowest BCUT2D eigenvalue weighted by Crippen LogP contribution is -2.02. The first-order valence-electron chi connectivity index (χ1n) is 15.2. The summed E-state index contributed by atoms with van der Waals surface area (Å²) in [5.41, 5.74) is 3.45. The highest BCUT2D eigenvalue weighted by Crippen LogP contribution is 2.50. The molecule has 48 heavy (non-hydrogen) atoms. The van der Waals surface area contributed by atoms with Gasteiger partial charge in [-0.2, -0.15) is 0 Å². The molecule has 250 valence electrons. The first-order valence-corrected chi connectivity index (χ1v) is 16.8. The number of aromatic carboxylic acids is 1. The lowest BCUT2D eigenvalue weighted by atomic mass is 10.1. The summed E-state index contributed by atoms with van der Waals surface area (Å²) in [5.74, 6) is 2.52. The zero-order valence-electron chi connectivity index (χ0n) is 27.0. The number of nitrogens with zero attached hydrogens (tertiary/aromatic N) is 3. The SMILES string of the molecule is CCOP(=O)(/C=C/c1cn(-c2ccccc2)nc1OCc1ccc(OCc2nc(-c3cccc(C(=O)O)c3)oc2C)c(OC)c1)OCC. The number of methoxy groups -OCH3 is 1. The molecule has 0 fully saturated rings. The second kappa shape index (κ2) is 15.6. The van der Waals surface area contributed by atoms with Crippen LogP contribution < -0.4 is 14.2 Å². The maximum absolute atomic E-state index is 13.1. The molecule has 0 aliphatic heterocycles. The van der Waals surface area contributed by atoms with Gasteiger partial charge in [0, 0.05) is 17.6 Å². The van der Waals surface area contributed by atoms with Gasteiger partial charge in [-0.15, -0.1) is 5.10 Å². The van der Waals surface area contributed by atoms with Gasteiger partial charge >= 0.3 is 13.6 Å². The highest BCUT2D eigenvalue weighted by molar-refractivity contribution is 7.57. The number of carboxylic acids is 1. The Morgan fingerprint density at radius 2 is 1.73 bits per heavy atom. The van der Waals surface area contributed by atoms with E-state index in [1.54, 1.807) is 69.1 Å². The van der Waals surface area contributed by atoms with E-state index in [-0.39, 0.29) is 32.0 Å². The summed E-state index contributed by atoms with van der Waals surface area (Å²) in [6.45, 7) is 5.99. The number of carbonyl (C=O) groups is 1. The van der Waals surface area contributed by atoms with Gasteiger partial charge in [0.05, 0.1) is 37.1 Å². The zero-order chi connectivity index (χ0) is 34.1. The summed E-state index contributed by atoms with van der Waals surface area (Å²) >= 11 is 0. The maximum Gasteiger partial charge on any atom is 0.354 e. The van der Waals surface area contributed by atoms with Crippen molar-refractivity contribution >= 4 is 19.6 Å². The number of rotatable bonds is 16. The van der Waals surface area contributed by atoms with Crippen molar-refractivity contribution in [2.24, 2.45) is 0 Å². The second-order valence-corrected chi connectivity index (χ2v) is 12.2. The number of para-hydroxylation sites is 1. The van der Waals surface area contributed by atoms with Crippen LogP contribution in [0.3, 0.4) is 0 Å². The topological polar surface area (TPSA) is 144 Å². The molecule has 0 amide bonds. The van der Waals surface area contributed by atoms with E-state index in [1.807, 2.05) is 36.4 Å². The fourth-order valence-corrected chi connectivity index (χ4v) is 5.96. The van der Waals surface area contributed by atoms with E-state index < -0.39 is 13.6 Å². The van der Waals surface area contributed by atoms with Crippen LogP contribution in [0.4, 0.5) is 0 Å². The van der Waals surface area contributed by atoms with Crippen molar-refractivity contribution in [2.45, 2.75) is 34.0 Å². The molecule has 0 spiro atoms. The zero-order valence-corrected chi connectivity index (χ0v) is 27.9. The molecule has 0 aliphatic rings. The van der Waals surface area contributed by atoms with Gasteiger partial charge < -0.3 is 32.8 Å². The van der Waals surface area contributed by atoms with Gasteiger partial charge in [0.2, 0.25) is 11.8 Å². The fourth-order valence-electron chi connectivity index (χ4n) is 4.66. The normalized spacial score (nSPS) is 11.6. The van der Waals surface area contributed by atoms with Gasteiger partial charge in [-0.3, -0.25) is 4.57 Å². The van der Waals surface area contributed by atoms with Gasteiger partial charge in [0.25, 0.3) is 0 Å². The molecular formula is C35H36N3O9P. The average molecular weight is 674 g/mol. The molecule has 13 heteroatoms. The number of oxazole rings is 1. The first-order chi connectivity index (χ1) is 23.2. The molecule has 0 unspecified atom stereocenters. The van der Waals surface area contributed by atoms with Crippen LogP contribution in [-0.4, -0.2) is 46.2 Å². The van der Waals surface area contributed by atoms with Crippen molar-refractivity contribution in [1.82, 2.24) is 14.8 Å². The molecule has 2 aromatic heterocycles. The summed E-state index contributed by atoms with van der Waals surface area (Å²) < 4.78 is 49.1. The van der Waals surface area contributed by atoms with E-state index in [0.717, 1.165) is 11.3 Å². The molecule has 0 radical (unpaired) electrons. The predicted octanol–water partition coefficient (Wildman–Crippen LogP) is 7.94. The highest BCUT2D eigenvalue weighted by Gasteiger charge is 2.21. The second-order valence-electron chi connectivity index (χ2n) is 10.3. The van der Waals surface area contributed by atoms with Gasteiger partial charge in [-0.1, -0.05) is 30.3 Å². The van der Waals surface area contributed by atoms with Gasteiger partial charge in [-0.05, 0) is 74.9 Å². The Morgan fingerprint density at radius 3 is 2.44 bits per heavy atom. The summed E-state index contributed by atoms with van der Waals surface area (Å²) in [6, 6.07) is 21.4. The van der Waals surface area contributed by atoms with Crippen LogP contribution in [0.2, 0.25) is 0 Å². The maximum atomic E-state index is 13.1. The van der Waals surface area contributed by atoms with Crippen molar-refractivity contribution in [3.05, 3.63) is 113 Å². The molecule has 3 aromatic carbocycles. The number of hydrogen-bond acceptors (Lipinski definition) is 10. The quantitative estimate of drug-likeness (QED) is 0.102. The number of aryl methyl sites for hydroxylation is 1. The molecule has 0 saturated carbocycles. The molecule has 0 aliphatic carbocycles. The molecule has 2 heterocycles. The minimum absolute atomic E-state index is 0.0973. The molecule has 5 aromatic rings. The molecular weight excluding hydrogens is 637 g/mol. The lowest BCUT2D eigenvalue weighted by molar-refractivity contribution is 0.0697. The standard InChI is InChI=1S/C35H36N3O9P/c1-5-45-48(41,46-6-2)18-17-28-21-38(29-13-8-7-9-14-29)37-34(28)44-22-25-15-16-31(32(19-25)42-4)43-23-30-24(3)47-33(36-30)26-11-10-12-27(20-26)35(39)40/h7-21H,5-6,22-23H2,1-4H3,(H,39,40)/b18-17+. The molecule has 1 N–H and O–H groups in total. The Balaban J connectivity index is 1.31. The van der Waals surface area contributed by atoms with Crippen LogP contribution in [0.15, 0.2) is 89.2 Å². The Labute approximate surface area is 278 Å². The van der Waals surface area contributed by atoms with Crippen molar-refractivity contribution in [2.75, 3.05) is 20.3 Å². The largest absolute Gasteiger partial charge is 0.493 e. The number of ether oxygens (including phenoxy) is 3. The molecule has 0 atom stereocenters. The molecule has 0 bridgehead atoms. The summed E-state index contributed by atoms with van der Waals surface area (Å²) in [7, 11) is -1.91. The van der Waals surface area contributed by atoms with Crippen LogP contribution in [-0.2, 0) is 26.8 Å². The van der Waals surface area contributed by atoms with E-state index in [1.165, 1.54) is 17.9 Å². The van der Waals surface area contributed by atoms with Gasteiger partial charge in [-0.25, -0.2) is 14.5 Å². The van der Waals surface area contributed by atoms with Gasteiger partial charge in [0.1, 0.15) is 24.7 Å². The van der Waals surface area contributed by atoms with Crippen LogP contribution in [0.5, 0.6) is 17.4 Å². The third-order valence-electron chi connectivity index (χ3n) is 7.00. The monoisotopic (exact) mass is 673 g/mol. The van der Waals surface area contributed by atoms with Crippen molar-refractivity contribution in [3.8, 4) is 34.5 Å². The Morgan fingerprint density at radius 1 is 0.958 bits per heavy atom. The van der Waals surface area contributed by atoms with Gasteiger partial charge in [0.15, 0.2) is 11.5 Å². The highest BCUT2D eigenvalue weighted by atomic mass is 31.2. The summed E-state index contributed by atoms with van der Waals surface area (Å²) in [6.07, 6.45) is 3.41. The molecule has 5 rings (SSSR count). The number of benzene rings is 3. The Hall–Kier alpha value is -5.16. The van der Waals surface area contributed by atoms with Crippen molar-refractivity contribution < 1.29 is 42.1 Å². The van der Waals surface area contributed by atoms with Crippen LogP contribution in [0.1, 0.15) is 46.8 Å². The summed E-state index contributed by atoms with van der Waals surface area (Å²) in [4.78, 5) is 15.9. The summed E-state index contributed by atoms with van der Waals surface area (Å²) in [5, 5.41) is 13.9. The van der Waals surface area contributed by atoms with E-state index in [2.05, 4.69) is 10.1 Å². The molecule has 0 saturated heterocycles. The average Bonchev–Trinajstić information content (AvgIpc) is 3.69. The lowest BCUT2D eigenvalue weighted by Gasteiger charge is -2.13. The fraction of sp³-hybridized carbons (Fsp3) is 0.229. The van der Waals surface area contributed by atoms with E-state index in [9.17, 15) is 14.5 Å². The Bertz CT molecular complexity index is 1920. The number of aromatic nitrogens is 3. The van der Waals surface area contributed by atoms with Crippen LogP contribution in [0.25, 0.3) is 23.2 Å².